The van der Waals surface area contributed by atoms with Crippen molar-refractivity contribution in [1.82, 2.24) is 5.43 Å². The Balaban J connectivity index is 3.39. The molecular weight excluding hydrogens is 146 g/mol. The number of alkyl halides is 1. The first-order valence-corrected chi connectivity index (χ1v) is 2.77. The summed E-state index contributed by atoms with van der Waals surface area (Å²) < 4.78 is 0. The van der Waals surface area contributed by atoms with E-state index in [1.807, 2.05) is 0 Å². The maximum atomic E-state index is 10.3. The molecule has 0 saturated carbocycles. The Labute approximate surface area is 56.7 Å². The topological polar surface area (TPSA) is 75.2 Å². The summed E-state index contributed by atoms with van der Waals surface area (Å²) >= 11 is 5.15. The monoisotopic (exact) mass is 152 g/mol. The lowest BCUT2D eigenvalue weighted by Crippen LogP contribution is -2.37. The molecule has 0 aromatic heterocycles. The number of hydrogen-bond donors (Lipinski definition) is 2. The number of halogens is 1. The van der Waals surface area contributed by atoms with E-state index in [1.165, 1.54) is 0 Å². The highest BCUT2D eigenvalue weighted by molar-refractivity contribution is 6.17. The molecule has 0 spiro atoms. The van der Waals surface area contributed by atoms with Crippen molar-refractivity contribution in [3.8, 4) is 0 Å². The number of nitrogens with zero attached hydrogens (tertiary/aromatic N) is 1. The number of nitrogens with two attached hydrogens (primary N) is 1. The van der Waals surface area contributed by atoms with Crippen molar-refractivity contribution in [3.05, 3.63) is 4.91 Å². The molecule has 6 heteroatoms. The number of primary amides is 1. The fourth-order valence-electron chi connectivity index (χ4n) is 0.256. The van der Waals surface area contributed by atoms with Gasteiger partial charge in [-0.2, -0.15) is 0 Å². The average molecular weight is 153 g/mol. The summed E-state index contributed by atoms with van der Waals surface area (Å²) in [4.78, 5) is 20.5. The second-order valence-electron chi connectivity index (χ2n) is 1.27. The van der Waals surface area contributed by atoms with Crippen molar-refractivity contribution >= 4 is 17.6 Å². The average Bonchev–Trinajstić information content (AvgIpc) is 1.63. The Morgan fingerprint density at radius 1 is 1.78 bits per heavy atom. The SMILES string of the molecule is NC(=O)N[N+](=O)CCCl. The molecule has 0 aromatic carbocycles. The van der Waals surface area contributed by atoms with Gasteiger partial charge in [0.15, 0.2) is 0 Å². The van der Waals surface area contributed by atoms with E-state index in [4.69, 9.17) is 11.6 Å². The standard InChI is InChI=1S/C3H6ClN3O2/c4-1-2-7(9)6-3(5)8/h1-2H2,(H2-,5,6,8,9)/p+1. The molecule has 0 aromatic rings. The fraction of sp³-hybridized carbons (Fsp3) is 0.667. The van der Waals surface area contributed by atoms with Crippen molar-refractivity contribution in [2.75, 3.05) is 12.4 Å². The van der Waals surface area contributed by atoms with E-state index in [0.717, 1.165) is 0 Å². The van der Waals surface area contributed by atoms with Gasteiger partial charge in [0.25, 0.3) is 0 Å². The predicted octanol–water partition coefficient (Wildman–Crippen LogP) is -0.413. The number of carbonyl (C=O) groups excluding carboxylic acids is 1. The third-order valence-corrected chi connectivity index (χ3v) is 0.692. The van der Waals surface area contributed by atoms with E-state index in [2.05, 4.69) is 5.73 Å². The van der Waals surface area contributed by atoms with Crippen molar-refractivity contribution in [1.29, 1.82) is 0 Å². The van der Waals surface area contributed by atoms with Crippen LogP contribution < -0.4 is 11.2 Å². The maximum absolute atomic E-state index is 10.3. The van der Waals surface area contributed by atoms with E-state index in [9.17, 15) is 9.70 Å². The van der Waals surface area contributed by atoms with E-state index >= 15 is 0 Å². The van der Waals surface area contributed by atoms with E-state index in [1.54, 1.807) is 5.43 Å². The minimum atomic E-state index is -0.880. The first kappa shape index (κ1) is 8.16. The summed E-state index contributed by atoms with van der Waals surface area (Å²) in [5, 5.41) is 0. The molecule has 0 aliphatic heterocycles. The van der Waals surface area contributed by atoms with Gasteiger partial charge in [-0.1, -0.05) is 5.43 Å². The van der Waals surface area contributed by atoms with Gasteiger partial charge in [-0.15, -0.1) is 11.6 Å². The van der Waals surface area contributed by atoms with E-state index in [-0.39, 0.29) is 17.3 Å². The van der Waals surface area contributed by atoms with Crippen molar-refractivity contribution in [2.45, 2.75) is 0 Å². The largest absolute Gasteiger partial charge is 0.368 e. The second-order valence-corrected chi connectivity index (χ2v) is 1.65. The number of nitroso groups, excluding NO2 is 1. The molecule has 0 aliphatic carbocycles. The van der Waals surface area contributed by atoms with Gasteiger partial charge in [-0.3, -0.25) is 0 Å². The van der Waals surface area contributed by atoms with Crippen LogP contribution in [-0.2, 0) is 0 Å². The molecule has 0 rings (SSSR count). The summed E-state index contributed by atoms with van der Waals surface area (Å²) in [6.07, 6.45) is 0. The lowest BCUT2D eigenvalue weighted by atomic mass is 10.8. The number of nitrogens with one attached hydrogen (secondary N) is 1. The molecule has 0 atom stereocenters. The van der Waals surface area contributed by atoms with Gasteiger partial charge in [0.2, 0.25) is 6.54 Å². The first-order valence-electron chi connectivity index (χ1n) is 2.23. The summed E-state index contributed by atoms with van der Waals surface area (Å²) in [6, 6.07) is -0.880. The Hall–Kier alpha value is -0.840. The molecule has 52 valence electrons. The smallest absolute Gasteiger partial charge is 0.347 e. The zero-order valence-corrected chi connectivity index (χ0v) is 5.39. The third-order valence-electron chi connectivity index (χ3n) is 0.522. The molecule has 9 heavy (non-hydrogen) atoms. The molecule has 0 radical (unpaired) electrons. The van der Waals surface area contributed by atoms with E-state index in [0.29, 0.717) is 0 Å². The van der Waals surface area contributed by atoms with Crippen molar-refractivity contribution in [2.24, 2.45) is 5.73 Å². The number of rotatable bonds is 3. The van der Waals surface area contributed by atoms with Gasteiger partial charge < -0.3 is 5.73 Å². The molecule has 0 bridgehead atoms. The first-order chi connectivity index (χ1) is 4.16. The fourth-order valence-corrected chi connectivity index (χ4v) is 0.409. The molecule has 0 saturated heterocycles. The van der Waals surface area contributed by atoms with Gasteiger partial charge in [0.1, 0.15) is 4.87 Å². The summed E-state index contributed by atoms with van der Waals surface area (Å²) in [5.41, 5.74) is 6.36. The van der Waals surface area contributed by atoms with Crippen molar-refractivity contribution in [3.63, 3.8) is 0 Å². The van der Waals surface area contributed by atoms with Crippen LogP contribution in [-0.4, -0.2) is 23.3 Å². The molecule has 5 nitrogen and oxygen atoms in total. The molecule has 3 N–H and O–H groups in total. The van der Waals surface area contributed by atoms with Crippen LogP contribution in [0.15, 0.2) is 0 Å². The Kier molecular flexibility index (Phi) is 3.70. The van der Waals surface area contributed by atoms with Gasteiger partial charge >= 0.3 is 6.03 Å². The van der Waals surface area contributed by atoms with Gasteiger partial charge in [-0.25, -0.2) is 4.79 Å². The molecule has 0 aliphatic rings. The lowest BCUT2D eigenvalue weighted by molar-refractivity contribution is -0.588. The van der Waals surface area contributed by atoms with Crippen LogP contribution in [0.4, 0.5) is 4.79 Å². The highest BCUT2D eigenvalue weighted by atomic mass is 35.5. The normalized spacial score (nSPS) is 8.56. The number of carbonyl (C=O) groups is 1. The summed E-state index contributed by atoms with van der Waals surface area (Å²) in [6.45, 7) is 0.0322. The predicted molar refractivity (Wildman–Crippen MR) is 31.9 cm³/mol. The third kappa shape index (κ3) is 5.02. The van der Waals surface area contributed by atoms with Crippen LogP contribution >= 0.6 is 11.6 Å². The second kappa shape index (κ2) is 4.08. The number of urea groups is 1. The minimum Gasteiger partial charge on any atom is -0.347 e. The highest BCUT2D eigenvalue weighted by Crippen LogP contribution is 1.72. The van der Waals surface area contributed by atoms with Crippen LogP contribution in [0.3, 0.4) is 0 Å². The van der Waals surface area contributed by atoms with Gasteiger partial charge in [-0.05, 0) is 0 Å². The quantitative estimate of drug-likeness (QED) is 0.328. The Bertz CT molecular complexity index is 126. The maximum Gasteiger partial charge on any atom is 0.368 e. The highest BCUT2D eigenvalue weighted by Gasteiger charge is 2.07. The molecular formula is C3H7ClN3O2+. The Morgan fingerprint density at radius 3 is 2.67 bits per heavy atom. The van der Waals surface area contributed by atoms with E-state index < -0.39 is 6.03 Å². The van der Waals surface area contributed by atoms with Gasteiger partial charge in [0, 0.05) is 0 Å². The summed E-state index contributed by atoms with van der Waals surface area (Å²) in [7, 11) is 0. The van der Waals surface area contributed by atoms with Crippen LogP contribution in [0, 0.1) is 4.91 Å². The number of hydrogen-bond acceptors (Lipinski definition) is 2. The molecule has 0 heterocycles. The Morgan fingerprint density at radius 2 is 2.33 bits per heavy atom. The van der Waals surface area contributed by atoms with Gasteiger partial charge in [0.05, 0.1) is 10.8 Å². The van der Waals surface area contributed by atoms with Crippen molar-refractivity contribution < 1.29 is 9.66 Å². The number of amides is 2. The number of hydrazine groups is 1. The van der Waals surface area contributed by atoms with Crippen LogP contribution in [0.2, 0.25) is 0 Å². The molecule has 0 fully saturated rings. The zero-order valence-electron chi connectivity index (χ0n) is 4.63. The molecule has 0 unspecified atom stereocenters. The summed E-state index contributed by atoms with van der Waals surface area (Å²) in [5.74, 6) is 0.157. The lowest BCUT2D eigenvalue weighted by Gasteiger charge is -1.86. The van der Waals surface area contributed by atoms with Crippen LogP contribution in [0.25, 0.3) is 0 Å². The van der Waals surface area contributed by atoms with Crippen LogP contribution in [0.1, 0.15) is 0 Å². The minimum absolute atomic E-state index is 0.0322. The zero-order chi connectivity index (χ0) is 7.28. The van der Waals surface area contributed by atoms with Crippen LogP contribution in [0.5, 0.6) is 0 Å². The molecule has 2 amide bonds.